The van der Waals surface area contributed by atoms with Crippen LogP contribution in [-0.2, 0) is 23.1 Å². The van der Waals surface area contributed by atoms with Crippen molar-refractivity contribution in [1.29, 1.82) is 0 Å². The fraction of sp³-hybridized carbons (Fsp3) is 0.192. The summed E-state index contributed by atoms with van der Waals surface area (Å²) in [6, 6.07) is 17.0. The van der Waals surface area contributed by atoms with Crippen molar-refractivity contribution in [2.45, 2.75) is 31.8 Å². The summed E-state index contributed by atoms with van der Waals surface area (Å²) in [5, 5.41) is 1.31. The van der Waals surface area contributed by atoms with E-state index in [1.807, 2.05) is 26.0 Å². The zero-order chi connectivity index (χ0) is 24.7. The maximum atomic E-state index is 13.7. The topological polar surface area (TPSA) is 88.7 Å². The van der Waals surface area contributed by atoms with E-state index in [2.05, 4.69) is 4.98 Å². The van der Waals surface area contributed by atoms with Gasteiger partial charge in [-0.25, -0.2) is 8.42 Å². The van der Waals surface area contributed by atoms with Crippen LogP contribution in [0.4, 0.5) is 0 Å². The summed E-state index contributed by atoms with van der Waals surface area (Å²) in [7, 11) is -3.97. The third-order valence-electron chi connectivity index (χ3n) is 5.98. The molecule has 2 heterocycles. The molecule has 0 amide bonds. The van der Waals surface area contributed by atoms with Gasteiger partial charge in [-0.3, -0.25) is 4.79 Å². The molecule has 0 spiro atoms. The van der Waals surface area contributed by atoms with Crippen LogP contribution in [0.1, 0.15) is 22.3 Å². The second kappa shape index (κ2) is 9.03. The van der Waals surface area contributed by atoms with Crippen LogP contribution in [0.25, 0.3) is 10.9 Å². The van der Waals surface area contributed by atoms with Crippen LogP contribution in [-0.4, -0.2) is 24.5 Å². The van der Waals surface area contributed by atoms with Crippen LogP contribution < -0.4 is 15.0 Å². The molecule has 0 fully saturated rings. The Hall–Kier alpha value is -3.33. The van der Waals surface area contributed by atoms with E-state index in [9.17, 15) is 13.2 Å². The van der Waals surface area contributed by atoms with Crippen LogP contribution >= 0.6 is 11.6 Å². The fourth-order valence-corrected chi connectivity index (χ4v) is 5.78. The number of fused-ring (bicyclic) bond motifs is 2. The maximum absolute atomic E-state index is 13.7. The zero-order valence-corrected chi connectivity index (χ0v) is 20.7. The number of ether oxygens (including phenoxy) is 2. The third-order valence-corrected chi connectivity index (χ3v) is 8.04. The van der Waals surface area contributed by atoms with Crippen molar-refractivity contribution in [2.24, 2.45) is 0 Å². The van der Waals surface area contributed by atoms with E-state index in [4.69, 9.17) is 21.1 Å². The molecule has 0 bridgehead atoms. The number of H-pyrrole nitrogens is 1. The minimum absolute atomic E-state index is 0.0337. The Labute approximate surface area is 207 Å². The van der Waals surface area contributed by atoms with Crippen molar-refractivity contribution in [1.82, 2.24) is 9.29 Å². The normalized spacial score (nSPS) is 13.0. The lowest BCUT2D eigenvalue weighted by molar-refractivity contribution is 0.174. The summed E-state index contributed by atoms with van der Waals surface area (Å²) in [4.78, 5) is 16.0. The molecule has 3 aromatic carbocycles. The van der Waals surface area contributed by atoms with Gasteiger partial charge < -0.3 is 14.5 Å². The van der Waals surface area contributed by atoms with E-state index in [0.29, 0.717) is 27.6 Å². The standard InChI is InChI=1S/C26H23ClN2O5S/c1-16-9-17(2)22-12-19(26(30)28-23(22)10-16)14-29(35(31,32)21-6-4-20(27)5-7-21)13-18-3-8-24-25(11-18)34-15-33-24/h3-12H,13-15H2,1-2H3,(H,28,30). The predicted octanol–water partition coefficient (Wildman–Crippen LogP) is 4.92. The van der Waals surface area contributed by atoms with E-state index >= 15 is 0 Å². The molecule has 1 N–H and O–H groups in total. The Balaban J connectivity index is 1.57. The van der Waals surface area contributed by atoms with Gasteiger partial charge in [-0.15, -0.1) is 0 Å². The number of hydrogen-bond donors (Lipinski definition) is 1. The number of benzene rings is 3. The molecule has 0 atom stereocenters. The number of nitrogens with zero attached hydrogens (tertiary/aromatic N) is 1. The van der Waals surface area contributed by atoms with Gasteiger partial charge in [-0.2, -0.15) is 4.31 Å². The van der Waals surface area contributed by atoms with E-state index in [1.165, 1.54) is 28.6 Å². The summed E-state index contributed by atoms with van der Waals surface area (Å²) >= 11 is 5.98. The molecule has 1 aliphatic heterocycles. The highest BCUT2D eigenvalue weighted by molar-refractivity contribution is 7.89. The lowest BCUT2D eigenvalue weighted by Crippen LogP contribution is -2.32. The summed E-state index contributed by atoms with van der Waals surface area (Å²) in [6.45, 7) is 3.97. The lowest BCUT2D eigenvalue weighted by atomic mass is 10.0. The first-order valence-electron chi connectivity index (χ1n) is 11.0. The number of rotatable bonds is 6. The van der Waals surface area contributed by atoms with E-state index in [1.54, 1.807) is 24.3 Å². The van der Waals surface area contributed by atoms with Crippen molar-refractivity contribution in [3.63, 3.8) is 0 Å². The monoisotopic (exact) mass is 510 g/mol. The Morgan fingerprint density at radius 3 is 2.46 bits per heavy atom. The largest absolute Gasteiger partial charge is 0.454 e. The number of halogens is 1. The molecule has 4 aromatic rings. The molecule has 1 aromatic heterocycles. The molecule has 180 valence electrons. The van der Waals surface area contributed by atoms with Crippen LogP contribution in [0.2, 0.25) is 5.02 Å². The van der Waals surface area contributed by atoms with Gasteiger partial charge in [0.25, 0.3) is 5.56 Å². The van der Waals surface area contributed by atoms with E-state index < -0.39 is 10.0 Å². The van der Waals surface area contributed by atoms with Gasteiger partial charge in [-0.05, 0) is 79.1 Å². The van der Waals surface area contributed by atoms with Gasteiger partial charge in [-0.1, -0.05) is 23.7 Å². The first-order valence-corrected chi connectivity index (χ1v) is 12.8. The first kappa shape index (κ1) is 23.4. The van der Waals surface area contributed by atoms with Crippen LogP contribution in [0.15, 0.2) is 70.4 Å². The SMILES string of the molecule is Cc1cc(C)c2cc(CN(Cc3ccc4c(c3)OCO4)S(=O)(=O)c3ccc(Cl)cc3)c(=O)[nH]c2c1. The minimum Gasteiger partial charge on any atom is -0.454 e. The van der Waals surface area contributed by atoms with Crippen molar-refractivity contribution >= 4 is 32.5 Å². The highest BCUT2D eigenvalue weighted by Crippen LogP contribution is 2.33. The molecule has 0 unspecified atom stereocenters. The van der Waals surface area contributed by atoms with Gasteiger partial charge >= 0.3 is 0 Å². The highest BCUT2D eigenvalue weighted by Gasteiger charge is 2.27. The molecule has 5 rings (SSSR count). The summed E-state index contributed by atoms with van der Waals surface area (Å²) in [6.07, 6.45) is 0. The van der Waals surface area contributed by atoms with Gasteiger partial charge in [0.1, 0.15) is 0 Å². The van der Waals surface area contributed by atoms with Crippen LogP contribution in [0.3, 0.4) is 0 Å². The highest BCUT2D eigenvalue weighted by atomic mass is 35.5. The first-order chi connectivity index (χ1) is 16.7. The third kappa shape index (κ3) is 4.65. The Kier molecular flexibility index (Phi) is 6.04. The quantitative estimate of drug-likeness (QED) is 0.398. The van der Waals surface area contributed by atoms with Gasteiger partial charge in [0, 0.05) is 34.6 Å². The minimum atomic E-state index is -3.97. The molecular formula is C26H23ClN2O5S. The molecular weight excluding hydrogens is 488 g/mol. The maximum Gasteiger partial charge on any atom is 0.252 e. The lowest BCUT2D eigenvalue weighted by Gasteiger charge is -2.23. The van der Waals surface area contributed by atoms with Crippen molar-refractivity contribution in [3.8, 4) is 11.5 Å². The molecule has 35 heavy (non-hydrogen) atoms. The summed E-state index contributed by atoms with van der Waals surface area (Å²) < 4.78 is 39.5. The second-order valence-corrected chi connectivity index (χ2v) is 11.0. The van der Waals surface area contributed by atoms with Crippen LogP contribution in [0.5, 0.6) is 11.5 Å². The zero-order valence-electron chi connectivity index (χ0n) is 19.2. The van der Waals surface area contributed by atoms with Gasteiger partial charge in [0.2, 0.25) is 16.8 Å². The van der Waals surface area contributed by atoms with E-state index in [-0.39, 0.29) is 30.3 Å². The van der Waals surface area contributed by atoms with E-state index in [0.717, 1.165) is 22.0 Å². The number of pyridine rings is 1. The molecule has 0 radical (unpaired) electrons. The van der Waals surface area contributed by atoms with Crippen molar-refractivity contribution in [3.05, 3.63) is 98.3 Å². The predicted molar refractivity (Wildman–Crippen MR) is 134 cm³/mol. The summed E-state index contributed by atoms with van der Waals surface area (Å²) in [5.74, 6) is 1.17. The number of hydrogen-bond acceptors (Lipinski definition) is 5. The fourth-order valence-electron chi connectivity index (χ4n) is 4.25. The number of sulfonamides is 1. The van der Waals surface area contributed by atoms with Crippen molar-refractivity contribution < 1.29 is 17.9 Å². The van der Waals surface area contributed by atoms with Crippen LogP contribution in [0, 0.1) is 13.8 Å². The average molecular weight is 511 g/mol. The Morgan fingerprint density at radius 1 is 0.943 bits per heavy atom. The number of aromatic amines is 1. The Morgan fingerprint density at radius 2 is 1.69 bits per heavy atom. The molecule has 0 saturated carbocycles. The number of aromatic nitrogens is 1. The Bertz CT molecular complexity index is 1600. The smallest absolute Gasteiger partial charge is 0.252 e. The average Bonchev–Trinajstić information content (AvgIpc) is 3.27. The van der Waals surface area contributed by atoms with Gasteiger partial charge in [0.05, 0.1) is 4.90 Å². The summed E-state index contributed by atoms with van der Waals surface area (Å²) in [5.41, 5.74) is 3.48. The molecule has 0 aliphatic carbocycles. The number of nitrogens with one attached hydrogen (secondary N) is 1. The number of aryl methyl sites for hydroxylation is 2. The van der Waals surface area contributed by atoms with Crippen molar-refractivity contribution in [2.75, 3.05) is 6.79 Å². The second-order valence-electron chi connectivity index (χ2n) is 8.58. The van der Waals surface area contributed by atoms with Gasteiger partial charge in [0.15, 0.2) is 11.5 Å². The molecule has 1 aliphatic rings. The molecule has 7 nitrogen and oxygen atoms in total. The molecule has 9 heteroatoms. The molecule has 0 saturated heterocycles.